The van der Waals surface area contributed by atoms with Gasteiger partial charge in [0.1, 0.15) is 0 Å². The van der Waals surface area contributed by atoms with Crippen LogP contribution in [-0.4, -0.2) is 22.6 Å². The van der Waals surface area contributed by atoms with Crippen molar-refractivity contribution in [2.75, 3.05) is 0 Å². The summed E-state index contributed by atoms with van der Waals surface area (Å²) in [6.45, 7) is 0. The molecule has 1 atom stereocenters. The van der Waals surface area contributed by atoms with Crippen LogP contribution in [0.2, 0.25) is 0 Å². The molecule has 5 heteroatoms. The Hall–Kier alpha value is -1.65. The number of nitrogens with one attached hydrogen (secondary N) is 1. The van der Waals surface area contributed by atoms with E-state index in [0.717, 1.165) is 12.8 Å². The summed E-state index contributed by atoms with van der Waals surface area (Å²) in [7, 11) is 0. The van der Waals surface area contributed by atoms with Crippen LogP contribution in [0.4, 0.5) is 0 Å². The van der Waals surface area contributed by atoms with Crippen LogP contribution < -0.4 is 5.32 Å². The van der Waals surface area contributed by atoms with Crippen molar-refractivity contribution < 1.29 is 14.8 Å². The molecule has 2 aliphatic rings. The third kappa shape index (κ3) is 1.21. The molecular formula is C9H10N2O3. The molecule has 1 fully saturated rings. The van der Waals surface area contributed by atoms with E-state index in [4.69, 9.17) is 5.21 Å². The Morgan fingerprint density at radius 2 is 2.29 bits per heavy atom. The molecule has 74 valence electrons. The molecule has 0 aromatic rings. The Labute approximate surface area is 80.5 Å². The highest BCUT2D eigenvalue weighted by atomic mass is 16.4. The van der Waals surface area contributed by atoms with Gasteiger partial charge in [-0.3, -0.25) is 9.59 Å². The van der Waals surface area contributed by atoms with E-state index >= 15 is 0 Å². The van der Waals surface area contributed by atoms with Gasteiger partial charge in [-0.25, -0.2) is 0 Å². The summed E-state index contributed by atoms with van der Waals surface area (Å²) in [6, 6.07) is 0. The van der Waals surface area contributed by atoms with E-state index in [2.05, 4.69) is 10.5 Å². The molecule has 0 spiro atoms. The number of carbonyl (C=O) groups excluding carboxylic acids is 2. The van der Waals surface area contributed by atoms with Gasteiger partial charge in [0.05, 0.1) is 5.92 Å². The number of oxime groups is 1. The predicted octanol–water partition coefficient (Wildman–Crippen LogP) is 0.199. The lowest BCUT2D eigenvalue weighted by molar-refractivity contribution is -0.135. The summed E-state index contributed by atoms with van der Waals surface area (Å²) in [6.07, 6.45) is 4.38. The van der Waals surface area contributed by atoms with Crippen molar-refractivity contribution in [1.82, 2.24) is 5.32 Å². The summed E-state index contributed by atoms with van der Waals surface area (Å²) in [5.41, 5.74) is 0.702. The Kier molecular flexibility index (Phi) is 2.07. The molecule has 0 aromatic heterocycles. The van der Waals surface area contributed by atoms with E-state index in [1.54, 1.807) is 0 Å². The molecule has 0 aromatic carbocycles. The number of rotatable bonds is 0. The van der Waals surface area contributed by atoms with Crippen LogP contribution in [0.1, 0.15) is 19.3 Å². The molecule has 0 radical (unpaired) electrons. The molecule has 2 N–H and O–H groups in total. The van der Waals surface area contributed by atoms with E-state index in [-0.39, 0.29) is 11.8 Å². The largest absolute Gasteiger partial charge is 0.409 e. The highest BCUT2D eigenvalue weighted by molar-refractivity contribution is 6.66. The first-order valence-corrected chi connectivity index (χ1v) is 4.51. The normalized spacial score (nSPS) is 29.6. The average Bonchev–Trinajstić information content (AvgIpc) is 2.23. The molecule has 1 saturated heterocycles. The fourth-order valence-corrected chi connectivity index (χ4v) is 1.83. The van der Waals surface area contributed by atoms with Gasteiger partial charge in [0.15, 0.2) is 0 Å². The van der Waals surface area contributed by atoms with Gasteiger partial charge in [-0.1, -0.05) is 11.2 Å². The van der Waals surface area contributed by atoms with Crippen molar-refractivity contribution >= 4 is 17.4 Å². The predicted molar refractivity (Wildman–Crippen MR) is 47.8 cm³/mol. The standard InChI is InChI=1S/C9H10N2O3/c12-7-5-3-1-2-4-6(5)10-9(11-14)8(7)13/h4-5,14H,1-3H2,(H,10,11). The van der Waals surface area contributed by atoms with Crippen LogP contribution in [0.3, 0.4) is 0 Å². The number of hydrogen-bond acceptors (Lipinski definition) is 4. The Morgan fingerprint density at radius 3 is 3.00 bits per heavy atom. The lowest BCUT2D eigenvalue weighted by Gasteiger charge is -2.27. The number of allylic oxidation sites excluding steroid dienone is 2. The van der Waals surface area contributed by atoms with Gasteiger partial charge >= 0.3 is 0 Å². The van der Waals surface area contributed by atoms with Crippen molar-refractivity contribution in [2.24, 2.45) is 11.1 Å². The third-order valence-corrected chi connectivity index (χ3v) is 2.55. The fraction of sp³-hybridized carbons (Fsp3) is 0.444. The van der Waals surface area contributed by atoms with Gasteiger partial charge in [-0.05, 0) is 19.3 Å². The Balaban J connectivity index is 2.36. The van der Waals surface area contributed by atoms with Gasteiger partial charge in [0, 0.05) is 5.70 Å². The maximum absolute atomic E-state index is 11.5. The minimum absolute atomic E-state index is 0.264. The second-order valence-corrected chi connectivity index (χ2v) is 3.41. The summed E-state index contributed by atoms with van der Waals surface area (Å²) >= 11 is 0. The Morgan fingerprint density at radius 1 is 1.50 bits per heavy atom. The number of carbonyl (C=O) groups is 2. The zero-order valence-corrected chi connectivity index (χ0v) is 7.49. The van der Waals surface area contributed by atoms with Gasteiger partial charge in [-0.15, -0.1) is 0 Å². The topological polar surface area (TPSA) is 78.8 Å². The SMILES string of the molecule is O=C1C(=O)C2CCCC=C2NC1=NO. The monoisotopic (exact) mass is 194 g/mol. The van der Waals surface area contributed by atoms with Crippen molar-refractivity contribution in [3.63, 3.8) is 0 Å². The van der Waals surface area contributed by atoms with Crippen LogP contribution in [0.15, 0.2) is 16.9 Å². The molecule has 1 heterocycles. The van der Waals surface area contributed by atoms with E-state index in [1.165, 1.54) is 0 Å². The summed E-state index contributed by atoms with van der Waals surface area (Å²) < 4.78 is 0. The lowest BCUT2D eigenvalue weighted by Crippen LogP contribution is -2.48. The van der Waals surface area contributed by atoms with Gasteiger partial charge in [0.2, 0.25) is 11.6 Å². The van der Waals surface area contributed by atoms with E-state index in [1.807, 2.05) is 6.08 Å². The van der Waals surface area contributed by atoms with Crippen molar-refractivity contribution in [2.45, 2.75) is 19.3 Å². The van der Waals surface area contributed by atoms with Crippen LogP contribution in [0.5, 0.6) is 0 Å². The number of piperidine rings is 1. The van der Waals surface area contributed by atoms with Crippen molar-refractivity contribution in [3.05, 3.63) is 11.8 Å². The number of ketones is 2. The third-order valence-electron chi connectivity index (χ3n) is 2.55. The minimum atomic E-state index is -0.725. The molecule has 1 unspecified atom stereocenters. The highest BCUT2D eigenvalue weighted by Gasteiger charge is 2.38. The van der Waals surface area contributed by atoms with E-state index < -0.39 is 11.6 Å². The molecule has 2 rings (SSSR count). The van der Waals surface area contributed by atoms with Crippen molar-refractivity contribution in [3.8, 4) is 0 Å². The summed E-state index contributed by atoms with van der Waals surface area (Å²) in [5.74, 6) is -1.81. The zero-order chi connectivity index (χ0) is 10.1. The number of Topliss-reactive ketones (excluding diaryl/α,β-unsaturated/α-hetero) is 2. The summed E-state index contributed by atoms with van der Waals surface area (Å²) in [5, 5.41) is 13.9. The highest BCUT2D eigenvalue weighted by Crippen LogP contribution is 2.26. The molecular weight excluding hydrogens is 184 g/mol. The molecule has 0 amide bonds. The van der Waals surface area contributed by atoms with Gasteiger partial charge < -0.3 is 10.5 Å². The lowest BCUT2D eigenvalue weighted by atomic mass is 9.84. The molecule has 0 bridgehead atoms. The quantitative estimate of drug-likeness (QED) is 0.328. The molecule has 14 heavy (non-hydrogen) atoms. The first-order chi connectivity index (χ1) is 6.74. The number of amidine groups is 1. The maximum Gasteiger partial charge on any atom is 0.267 e. The van der Waals surface area contributed by atoms with Crippen LogP contribution in [0, 0.1) is 5.92 Å². The van der Waals surface area contributed by atoms with Gasteiger partial charge in [0.25, 0.3) is 5.78 Å². The fourth-order valence-electron chi connectivity index (χ4n) is 1.83. The van der Waals surface area contributed by atoms with E-state index in [9.17, 15) is 9.59 Å². The first-order valence-electron chi connectivity index (χ1n) is 4.51. The molecule has 0 saturated carbocycles. The molecule has 5 nitrogen and oxygen atoms in total. The molecule has 1 aliphatic carbocycles. The second kappa shape index (κ2) is 3.25. The Bertz CT molecular complexity index is 357. The molecule has 1 aliphatic heterocycles. The number of hydrogen-bond donors (Lipinski definition) is 2. The second-order valence-electron chi connectivity index (χ2n) is 3.41. The maximum atomic E-state index is 11.5. The summed E-state index contributed by atoms with van der Waals surface area (Å²) in [4.78, 5) is 22.8. The smallest absolute Gasteiger partial charge is 0.267 e. The number of fused-ring (bicyclic) bond motifs is 1. The number of nitrogens with zero attached hydrogens (tertiary/aromatic N) is 1. The van der Waals surface area contributed by atoms with Gasteiger partial charge in [-0.2, -0.15) is 0 Å². The van der Waals surface area contributed by atoms with Crippen LogP contribution in [0.25, 0.3) is 0 Å². The first kappa shape index (κ1) is 8.93. The minimum Gasteiger partial charge on any atom is -0.409 e. The van der Waals surface area contributed by atoms with Crippen molar-refractivity contribution in [1.29, 1.82) is 0 Å². The average molecular weight is 194 g/mol. The zero-order valence-electron chi connectivity index (χ0n) is 7.49. The van der Waals surface area contributed by atoms with E-state index in [0.29, 0.717) is 12.1 Å². The van der Waals surface area contributed by atoms with Crippen LogP contribution >= 0.6 is 0 Å². The van der Waals surface area contributed by atoms with Crippen LogP contribution in [-0.2, 0) is 9.59 Å².